The second kappa shape index (κ2) is 6.20. The number of anilines is 1. The normalized spacial score (nSPS) is 18.7. The van der Waals surface area contributed by atoms with Crippen molar-refractivity contribution in [1.29, 1.82) is 0 Å². The number of nitrogens with one attached hydrogen (secondary N) is 2. The van der Waals surface area contributed by atoms with Gasteiger partial charge in [-0.15, -0.1) is 0 Å². The zero-order chi connectivity index (χ0) is 15.6. The Morgan fingerprint density at radius 3 is 2.87 bits per heavy atom. The van der Waals surface area contributed by atoms with E-state index in [4.69, 9.17) is 4.74 Å². The van der Waals surface area contributed by atoms with Crippen molar-refractivity contribution in [3.05, 3.63) is 58.9 Å². The van der Waals surface area contributed by atoms with Crippen LogP contribution in [0, 0.1) is 5.82 Å². The van der Waals surface area contributed by atoms with Gasteiger partial charge in [0.25, 0.3) is 0 Å². The topological polar surface area (TPSA) is 33.3 Å². The number of hydrogen-bond acceptors (Lipinski definition) is 3. The average molecular weight is 312 g/mol. The van der Waals surface area contributed by atoms with Crippen molar-refractivity contribution in [2.75, 3.05) is 18.4 Å². The summed E-state index contributed by atoms with van der Waals surface area (Å²) in [5.41, 5.74) is 4.99. The van der Waals surface area contributed by atoms with Gasteiger partial charge in [-0.25, -0.2) is 4.39 Å². The summed E-state index contributed by atoms with van der Waals surface area (Å²) < 4.78 is 19.2. The summed E-state index contributed by atoms with van der Waals surface area (Å²) >= 11 is 0. The zero-order valence-corrected chi connectivity index (χ0v) is 13.1. The lowest BCUT2D eigenvalue weighted by atomic mass is 9.98. The van der Waals surface area contributed by atoms with Gasteiger partial charge in [0, 0.05) is 30.9 Å². The summed E-state index contributed by atoms with van der Waals surface area (Å²) in [5, 5.41) is 6.83. The molecule has 2 aliphatic heterocycles. The SMILES string of the molecule is Fc1ccc(CNCC2CCc3ccc4c(c3O2)CCN4)cc1. The second-order valence-corrected chi connectivity index (χ2v) is 6.29. The van der Waals surface area contributed by atoms with Gasteiger partial charge in [-0.2, -0.15) is 0 Å². The van der Waals surface area contributed by atoms with Crippen LogP contribution in [-0.2, 0) is 19.4 Å². The van der Waals surface area contributed by atoms with Crippen LogP contribution in [0.25, 0.3) is 0 Å². The van der Waals surface area contributed by atoms with Gasteiger partial charge in [-0.05, 0) is 48.6 Å². The minimum atomic E-state index is -0.191. The highest BCUT2D eigenvalue weighted by Gasteiger charge is 2.25. The van der Waals surface area contributed by atoms with Crippen molar-refractivity contribution in [1.82, 2.24) is 5.32 Å². The van der Waals surface area contributed by atoms with Gasteiger partial charge in [-0.3, -0.25) is 0 Å². The minimum absolute atomic E-state index is 0.191. The van der Waals surface area contributed by atoms with E-state index in [1.807, 2.05) is 12.1 Å². The molecule has 23 heavy (non-hydrogen) atoms. The molecule has 0 spiro atoms. The highest BCUT2D eigenvalue weighted by molar-refractivity contribution is 5.64. The van der Waals surface area contributed by atoms with Crippen LogP contribution in [0.2, 0.25) is 0 Å². The van der Waals surface area contributed by atoms with Gasteiger partial charge in [0.15, 0.2) is 0 Å². The van der Waals surface area contributed by atoms with Gasteiger partial charge >= 0.3 is 0 Å². The summed E-state index contributed by atoms with van der Waals surface area (Å²) in [6.07, 6.45) is 3.37. The molecule has 2 aliphatic rings. The van der Waals surface area contributed by atoms with E-state index in [9.17, 15) is 4.39 Å². The summed E-state index contributed by atoms with van der Waals surface area (Å²) in [6.45, 7) is 2.55. The smallest absolute Gasteiger partial charge is 0.128 e. The first kappa shape index (κ1) is 14.5. The molecule has 2 heterocycles. The molecule has 2 N–H and O–H groups in total. The molecule has 2 aromatic rings. The van der Waals surface area contributed by atoms with Crippen molar-refractivity contribution in [2.24, 2.45) is 0 Å². The lowest BCUT2D eigenvalue weighted by molar-refractivity contribution is 0.169. The molecule has 0 aliphatic carbocycles. The predicted molar refractivity (Wildman–Crippen MR) is 89.5 cm³/mol. The number of halogens is 1. The Morgan fingerprint density at radius 1 is 1.13 bits per heavy atom. The molecule has 3 nitrogen and oxygen atoms in total. The van der Waals surface area contributed by atoms with Crippen LogP contribution in [0.3, 0.4) is 0 Å². The maximum absolute atomic E-state index is 12.9. The molecule has 4 heteroatoms. The third-order valence-electron chi connectivity index (χ3n) is 4.67. The number of fused-ring (bicyclic) bond motifs is 3. The summed E-state index contributed by atoms with van der Waals surface area (Å²) in [7, 11) is 0. The summed E-state index contributed by atoms with van der Waals surface area (Å²) in [6, 6.07) is 11.0. The molecule has 120 valence electrons. The maximum atomic E-state index is 12.9. The monoisotopic (exact) mass is 312 g/mol. The molecule has 0 fully saturated rings. The molecular formula is C19H21FN2O. The van der Waals surface area contributed by atoms with Crippen LogP contribution in [-0.4, -0.2) is 19.2 Å². The fraction of sp³-hybridized carbons (Fsp3) is 0.368. The Morgan fingerprint density at radius 2 is 2.00 bits per heavy atom. The van der Waals surface area contributed by atoms with Gasteiger partial charge in [0.1, 0.15) is 17.7 Å². The Bertz CT molecular complexity index is 699. The molecule has 0 saturated carbocycles. The number of rotatable bonds is 4. The standard InChI is InChI=1S/C19H21FN2O/c20-15-5-1-13(2-6-15)11-21-12-16-7-3-14-4-8-18-17(9-10-22-18)19(14)23-16/h1-2,4-6,8,16,21-22H,3,7,9-12H2. The number of benzene rings is 2. The quantitative estimate of drug-likeness (QED) is 0.909. The van der Waals surface area contributed by atoms with Gasteiger partial charge < -0.3 is 15.4 Å². The van der Waals surface area contributed by atoms with Crippen LogP contribution in [0.5, 0.6) is 5.75 Å². The lowest BCUT2D eigenvalue weighted by Gasteiger charge is -2.28. The Labute approximate surface area is 135 Å². The fourth-order valence-electron chi connectivity index (χ4n) is 3.42. The first-order valence-electron chi connectivity index (χ1n) is 8.30. The maximum Gasteiger partial charge on any atom is 0.128 e. The van der Waals surface area contributed by atoms with Crippen LogP contribution in [0.1, 0.15) is 23.1 Å². The van der Waals surface area contributed by atoms with Crippen LogP contribution >= 0.6 is 0 Å². The van der Waals surface area contributed by atoms with E-state index in [2.05, 4.69) is 22.8 Å². The Hall–Kier alpha value is -2.07. The molecule has 2 aromatic carbocycles. The first-order valence-corrected chi connectivity index (χ1v) is 8.30. The second-order valence-electron chi connectivity index (χ2n) is 6.29. The van der Waals surface area contributed by atoms with Crippen molar-refractivity contribution in [3.63, 3.8) is 0 Å². The molecular weight excluding hydrogens is 291 g/mol. The van der Waals surface area contributed by atoms with Gasteiger partial charge in [0.2, 0.25) is 0 Å². The highest BCUT2D eigenvalue weighted by Crippen LogP contribution is 2.38. The van der Waals surface area contributed by atoms with Gasteiger partial charge in [0.05, 0.1) is 0 Å². The molecule has 0 radical (unpaired) electrons. The highest BCUT2D eigenvalue weighted by atomic mass is 19.1. The van der Waals surface area contributed by atoms with E-state index in [0.29, 0.717) is 0 Å². The summed E-state index contributed by atoms with van der Waals surface area (Å²) in [4.78, 5) is 0. The van der Waals surface area contributed by atoms with E-state index < -0.39 is 0 Å². The number of hydrogen-bond donors (Lipinski definition) is 2. The minimum Gasteiger partial charge on any atom is -0.488 e. The van der Waals surface area contributed by atoms with Crippen molar-refractivity contribution >= 4 is 5.69 Å². The fourth-order valence-corrected chi connectivity index (χ4v) is 3.42. The first-order chi connectivity index (χ1) is 11.3. The molecule has 0 amide bonds. The van der Waals surface area contributed by atoms with E-state index in [0.717, 1.165) is 50.2 Å². The van der Waals surface area contributed by atoms with Crippen LogP contribution in [0.15, 0.2) is 36.4 Å². The van der Waals surface area contributed by atoms with E-state index in [1.54, 1.807) is 0 Å². The van der Waals surface area contributed by atoms with E-state index in [1.165, 1.54) is 28.9 Å². The molecule has 1 atom stereocenters. The van der Waals surface area contributed by atoms with Crippen molar-refractivity contribution < 1.29 is 9.13 Å². The Balaban J connectivity index is 1.37. The molecule has 4 rings (SSSR count). The zero-order valence-electron chi connectivity index (χ0n) is 13.1. The molecule has 1 unspecified atom stereocenters. The van der Waals surface area contributed by atoms with Crippen molar-refractivity contribution in [2.45, 2.75) is 31.9 Å². The van der Waals surface area contributed by atoms with Crippen molar-refractivity contribution in [3.8, 4) is 5.75 Å². The largest absolute Gasteiger partial charge is 0.488 e. The molecule has 0 saturated heterocycles. The number of aryl methyl sites for hydroxylation is 1. The summed E-state index contributed by atoms with van der Waals surface area (Å²) in [5.74, 6) is 0.913. The molecule has 0 bridgehead atoms. The van der Waals surface area contributed by atoms with E-state index in [-0.39, 0.29) is 11.9 Å². The van der Waals surface area contributed by atoms with E-state index >= 15 is 0 Å². The van der Waals surface area contributed by atoms with Crippen LogP contribution in [0.4, 0.5) is 10.1 Å². The predicted octanol–water partition coefficient (Wildman–Crippen LogP) is 3.28. The molecule has 0 aromatic heterocycles. The third kappa shape index (κ3) is 3.04. The third-order valence-corrected chi connectivity index (χ3v) is 4.67. The van der Waals surface area contributed by atoms with Crippen LogP contribution < -0.4 is 15.4 Å². The Kier molecular flexibility index (Phi) is 3.92. The average Bonchev–Trinajstić information content (AvgIpc) is 3.06. The van der Waals surface area contributed by atoms with Gasteiger partial charge in [-0.1, -0.05) is 18.2 Å². The number of ether oxygens (including phenoxy) is 1. The lowest BCUT2D eigenvalue weighted by Crippen LogP contribution is -2.34.